The Balaban J connectivity index is 2.38. The molecule has 1 aliphatic carbocycles. The average molecular weight is 196 g/mol. The van der Waals surface area contributed by atoms with Crippen molar-refractivity contribution in [3.63, 3.8) is 0 Å². The maximum absolute atomic E-state index is 5.73. The fourth-order valence-corrected chi connectivity index (χ4v) is 2.63. The van der Waals surface area contributed by atoms with Crippen LogP contribution in [0.1, 0.15) is 24.1 Å². The largest absolute Gasteiger partial charge is 0.332 e. The van der Waals surface area contributed by atoms with Gasteiger partial charge in [0.2, 0.25) is 0 Å². The Morgan fingerprint density at radius 3 is 2.93 bits per heavy atom. The molecule has 0 amide bonds. The Bertz CT molecular complexity index is 528. The molecule has 0 aliphatic heterocycles. The Hall–Kier alpha value is -1.25. The second-order valence-electron chi connectivity index (χ2n) is 4.30. The predicted octanol–water partition coefficient (Wildman–Crippen LogP) is 1.25. The maximum atomic E-state index is 5.73. The molecule has 0 aromatic carbocycles. The lowest BCUT2D eigenvalue weighted by molar-refractivity contribution is 0.652. The van der Waals surface area contributed by atoms with Crippen molar-refractivity contribution in [2.24, 2.45) is 7.05 Å². The molecule has 74 valence electrons. The third-order valence-corrected chi connectivity index (χ3v) is 3.38. The standard InChI is InChI=1S/C12H13BN2/c1-15-10-5-3-2-4-8(10)9-6-7-11(13)14-12(9)15/h6-7H,2-5H2,1H3. The Morgan fingerprint density at radius 2 is 2.07 bits per heavy atom. The van der Waals surface area contributed by atoms with Crippen LogP contribution >= 0.6 is 0 Å². The van der Waals surface area contributed by atoms with E-state index in [2.05, 4.69) is 22.7 Å². The molecule has 3 heteroatoms. The second kappa shape index (κ2) is 3.12. The summed E-state index contributed by atoms with van der Waals surface area (Å²) in [5.41, 5.74) is 4.60. The molecular weight excluding hydrogens is 183 g/mol. The van der Waals surface area contributed by atoms with Crippen molar-refractivity contribution in [3.05, 3.63) is 23.4 Å². The highest BCUT2D eigenvalue weighted by Crippen LogP contribution is 2.29. The van der Waals surface area contributed by atoms with Crippen molar-refractivity contribution in [1.82, 2.24) is 9.55 Å². The quantitative estimate of drug-likeness (QED) is 0.579. The number of hydrogen-bond acceptors (Lipinski definition) is 1. The maximum Gasteiger partial charge on any atom is 0.141 e. The van der Waals surface area contributed by atoms with Gasteiger partial charge in [-0.05, 0) is 36.8 Å². The van der Waals surface area contributed by atoms with E-state index in [0.717, 1.165) is 5.65 Å². The van der Waals surface area contributed by atoms with Gasteiger partial charge in [-0.2, -0.15) is 0 Å². The number of rotatable bonds is 0. The molecule has 2 radical (unpaired) electrons. The summed E-state index contributed by atoms with van der Waals surface area (Å²) in [6.07, 6.45) is 4.98. The fraction of sp³-hybridized carbons (Fsp3) is 0.417. The van der Waals surface area contributed by atoms with E-state index < -0.39 is 0 Å². The highest BCUT2D eigenvalue weighted by molar-refractivity contribution is 6.31. The minimum atomic E-state index is 0.612. The lowest BCUT2D eigenvalue weighted by Crippen LogP contribution is -2.08. The zero-order valence-electron chi connectivity index (χ0n) is 8.95. The summed E-state index contributed by atoms with van der Waals surface area (Å²) in [4.78, 5) is 4.42. The molecule has 0 bridgehead atoms. The van der Waals surface area contributed by atoms with E-state index in [9.17, 15) is 0 Å². The van der Waals surface area contributed by atoms with Crippen molar-refractivity contribution in [3.8, 4) is 0 Å². The van der Waals surface area contributed by atoms with E-state index in [1.807, 2.05) is 6.07 Å². The van der Waals surface area contributed by atoms with Crippen LogP contribution in [0.3, 0.4) is 0 Å². The molecule has 0 atom stereocenters. The smallest absolute Gasteiger partial charge is 0.141 e. The zero-order valence-corrected chi connectivity index (χ0v) is 8.95. The SMILES string of the molecule is [B]c1ccc2c3c(n(C)c2n1)CCCC3. The van der Waals surface area contributed by atoms with Crippen molar-refractivity contribution in [2.75, 3.05) is 0 Å². The number of pyridine rings is 1. The third kappa shape index (κ3) is 1.22. The van der Waals surface area contributed by atoms with Crippen LogP contribution in [0.2, 0.25) is 0 Å². The van der Waals surface area contributed by atoms with Crippen LogP contribution in [0.5, 0.6) is 0 Å². The normalized spacial score (nSPS) is 15.5. The van der Waals surface area contributed by atoms with E-state index in [4.69, 9.17) is 7.85 Å². The number of aromatic nitrogens is 2. The van der Waals surface area contributed by atoms with E-state index in [0.29, 0.717) is 5.59 Å². The van der Waals surface area contributed by atoms with E-state index >= 15 is 0 Å². The number of nitrogens with zero attached hydrogens (tertiary/aromatic N) is 2. The van der Waals surface area contributed by atoms with Gasteiger partial charge in [-0.15, -0.1) is 0 Å². The lowest BCUT2D eigenvalue weighted by Gasteiger charge is -2.12. The number of fused-ring (bicyclic) bond motifs is 3. The topological polar surface area (TPSA) is 17.8 Å². The summed E-state index contributed by atoms with van der Waals surface area (Å²) >= 11 is 0. The molecule has 2 nitrogen and oxygen atoms in total. The first kappa shape index (κ1) is 9.02. The highest BCUT2D eigenvalue weighted by atomic mass is 15.0. The van der Waals surface area contributed by atoms with Gasteiger partial charge in [0.1, 0.15) is 13.5 Å². The summed E-state index contributed by atoms with van der Waals surface area (Å²) in [6.45, 7) is 0. The first-order chi connectivity index (χ1) is 7.27. The predicted molar refractivity (Wildman–Crippen MR) is 62.7 cm³/mol. The van der Waals surface area contributed by atoms with Crippen LogP contribution < -0.4 is 5.59 Å². The van der Waals surface area contributed by atoms with Gasteiger partial charge >= 0.3 is 0 Å². The van der Waals surface area contributed by atoms with Gasteiger partial charge < -0.3 is 4.57 Å². The van der Waals surface area contributed by atoms with Crippen LogP contribution in [-0.2, 0) is 19.9 Å². The van der Waals surface area contributed by atoms with Gasteiger partial charge in [0.25, 0.3) is 0 Å². The zero-order chi connectivity index (χ0) is 10.4. The summed E-state index contributed by atoms with van der Waals surface area (Å²) in [7, 11) is 7.82. The van der Waals surface area contributed by atoms with Crippen LogP contribution in [0.25, 0.3) is 11.0 Å². The summed E-state index contributed by atoms with van der Waals surface area (Å²) in [6, 6.07) is 4.01. The Morgan fingerprint density at radius 1 is 1.27 bits per heavy atom. The first-order valence-electron chi connectivity index (χ1n) is 5.50. The van der Waals surface area contributed by atoms with Gasteiger partial charge in [-0.1, -0.05) is 12.1 Å². The minimum Gasteiger partial charge on any atom is -0.332 e. The van der Waals surface area contributed by atoms with Crippen LogP contribution in [0, 0.1) is 0 Å². The van der Waals surface area contributed by atoms with Gasteiger partial charge in [-0.3, -0.25) is 0 Å². The molecule has 15 heavy (non-hydrogen) atoms. The van der Waals surface area contributed by atoms with Gasteiger partial charge in [0.05, 0.1) is 0 Å². The second-order valence-corrected chi connectivity index (χ2v) is 4.30. The number of aryl methyl sites for hydroxylation is 2. The van der Waals surface area contributed by atoms with Crippen LogP contribution in [0.4, 0.5) is 0 Å². The molecule has 0 saturated carbocycles. The van der Waals surface area contributed by atoms with Crippen LogP contribution in [-0.4, -0.2) is 17.4 Å². The average Bonchev–Trinajstić information content (AvgIpc) is 2.54. The molecule has 0 N–H and O–H groups in total. The van der Waals surface area contributed by atoms with E-state index in [-0.39, 0.29) is 0 Å². The van der Waals surface area contributed by atoms with Gasteiger partial charge in [0, 0.05) is 18.1 Å². The molecule has 2 heterocycles. The van der Waals surface area contributed by atoms with Crippen molar-refractivity contribution >= 4 is 24.5 Å². The molecule has 0 unspecified atom stereocenters. The molecule has 0 saturated heterocycles. The molecule has 0 fully saturated rings. The monoisotopic (exact) mass is 196 g/mol. The molecule has 2 aromatic rings. The highest BCUT2D eigenvalue weighted by Gasteiger charge is 2.18. The van der Waals surface area contributed by atoms with Crippen molar-refractivity contribution in [1.29, 1.82) is 0 Å². The molecule has 0 spiro atoms. The van der Waals surface area contributed by atoms with E-state index in [1.165, 1.54) is 42.3 Å². The van der Waals surface area contributed by atoms with Gasteiger partial charge in [0.15, 0.2) is 0 Å². The van der Waals surface area contributed by atoms with E-state index in [1.54, 1.807) is 0 Å². The third-order valence-electron chi connectivity index (χ3n) is 3.38. The lowest BCUT2D eigenvalue weighted by atomic mass is 9.95. The molecular formula is C12H13BN2. The minimum absolute atomic E-state index is 0.612. The summed E-state index contributed by atoms with van der Waals surface area (Å²) in [5, 5.41) is 1.29. The Kier molecular flexibility index (Phi) is 1.88. The molecule has 2 aromatic heterocycles. The fourth-order valence-electron chi connectivity index (χ4n) is 2.63. The van der Waals surface area contributed by atoms with Crippen molar-refractivity contribution < 1.29 is 0 Å². The summed E-state index contributed by atoms with van der Waals surface area (Å²) in [5.74, 6) is 0. The summed E-state index contributed by atoms with van der Waals surface area (Å²) < 4.78 is 2.21. The Labute approximate surface area is 90.7 Å². The first-order valence-corrected chi connectivity index (χ1v) is 5.50. The molecule has 1 aliphatic rings. The van der Waals surface area contributed by atoms with Crippen molar-refractivity contribution in [2.45, 2.75) is 25.7 Å². The molecule has 3 rings (SSSR count). The number of hydrogen-bond donors (Lipinski definition) is 0. The van der Waals surface area contributed by atoms with Crippen LogP contribution in [0.15, 0.2) is 12.1 Å². The van der Waals surface area contributed by atoms with Gasteiger partial charge in [-0.25, -0.2) is 4.98 Å².